The fraction of sp³-hybridized carbons (Fsp3) is 0.350. The summed E-state index contributed by atoms with van der Waals surface area (Å²) in [4.78, 5) is 12.3. The number of hydrogen-bond donors (Lipinski definition) is 2. The minimum absolute atomic E-state index is 0.114. The van der Waals surface area contributed by atoms with Crippen LogP contribution in [-0.4, -0.2) is 32.8 Å². The van der Waals surface area contributed by atoms with Crippen molar-refractivity contribution in [2.24, 2.45) is 0 Å². The van der Waals surface area contributed by atoms with Crippen molar-refractivity contribution in [1.29, 1.82) is 0 Å². The Bertz CT molecular complexity index is 787. The molecular weight excluding hydrogens is 370 g/mol. The van der Waals surface area contributed by atoms with Gasteiger partial charge >= 0.3 is 6.61 Å². The third kappa shape index (κ3) is 6.38. The molecule has 2 aromatic carbocycles. The molecule has 2 aromatic rings. The summed E-state index contributed by atoms with van der Waals surface area (Å²) in [7, 11) is 3.05. The second-order valence-corrected chi connectivity index (χ2v) is 6.09. The summed E-state index contributed by atoms with van der Waals surface area (Å²) in [5.74, 6) is 1.01. The lowest BCUT2D eigenvalue weighted by Crippen LogP contribution is -2.30. The number of carbonyl (C=O) groups excluding carboxylic acids is 1. The molecule has 0 heterocycles. The Morgan fingerprint density at radius 3 is 2.50 bits per heavy atom. The van der Waals surface area contributed by atoms with Crippen LogP contribution in [0, 0.1) is 0 Å². The van der Waals surface area contributed by atoms with Crippen molar-refractivity contribution in [3.63, 3.8) is 0 Å². The Morgan fingerprint density at radius 1 is 1.07 bits per heavy atom. The first-order valence-electron chi connectivity index (χ1n) is 8.71. The van der Waals surface area contributed by atoms with Crippen LogP contribution >= 0.6 is 0 Å². The third-order valence-electron chi connectivity index (χ3n) is 4.00. The van der Waals surface area contributed by atoms with Crippen LogP contribution in [0.25, 0.3) is 0 Å². The first kappa shape index (κ1) is 21.4. The van der Waals surface area contributed by atoms with Crippen molar-refractivity contribution in [3.8, 4) is 17.2 Å². The van der Waals surface area contributed by atoms with Gasteiger partial charge in [-0.3, -0.25) is 4.79 Å². The van der Waals surface area contributed by atoms with Crippen LogP contribution in [0.4, 0.5) is 14.5 Å². The number of rotatable bonds is 10. The third-order valence-corrected chi connectivity index (χ3v) is 4.00. The number of amides is 1. The van der Waals surface area contributed by atoms with Crippen molar-refractivity contribution < 1.29 is 27.8 Å². The largest absolute Gasteiger partial charge is 0.497 e. The van der Waals surface area contributed by atoms with Gasteiger partial charge in [-0.25, -0.2) is 0 Å². The average molecular weight is 394 g/mol. The topological polar surface area (TPSA) is 68.8 Å². The predicted molar refractivity (Wildman–Crippen MR) is 102 cm³/mol. The molecule has 8 heteroatoms. The van der Waals surface area contributed by atoms with E-state index in [-0.39, 0.29) is 24.1 Å². The maximum atomic E-state index is 12.5. The second-order valence-electron chi connectivity index (χ2n) is 6.09. The fourth-order valence-corrected chi connectivity index (χ4v) is 2.61. The van der Waals surface area contributed by atoms with E-state index in [4.69, 9.17) is 9.47 Å². The molecule has 0 aromatic heterocycles. The highest BCUT2D eigenvalue weighted by atomic mass is 19.3. The van der Waals surface area contributed by atoms with E-state index < -0.39 is 6.61 Å². The summed E-state index contributed by atoms with van der Waals surface area (Å²) in [5.41, 5.74) is 1.10. The van der Waals surface area contributed by atoms with Crippen LogP contribution in [-0.2, 0) is 11.3 Å². The van der Waals surface area contributed by atoms with Gasteiger partial charge in [-0.1, -0.05) is 18.2 Å². The molecule has 6 nitrogen and oxygen atoms in total. The highest BCUT2D eigenvalue weighted by Gasteiger charge is 2.14. The number of hydrogen-bond acceptors (Lipinski definition) is 5. The smallest absolute Gasteiger partial charge is 0.387 e. The first-order chi connectivity index (χ1) is 13.4. The minimum atomic E-state index is -2.89. The number of carbonyl (C=O) groups is 1. The van der Waals surface area contributed by atoms with Gasteiger partial charge in [0.1, 0.15) is 17.2 Å². The average Bonchev–Trinajstić information content (AvgIpc) is 2.66. The SMILES string of the molecule is COc1ccc(OC)c(NC(=O)CC(C)NCc2ccccc2OC(F)F)c1. The number of benzene rings is 2. The van der Waals surface area contributed by atoms with Gasteiger partial charge < -0.3 is 24.8 Å². The molecule has 2 rings (SSSR count). The Kier molecular flexibility index (Phi) is 8.01. The van der Waals surface area contributed by atoms with Crippen LogP contribution in [0.5, 0.6) is 17.2 Å². The summed E-state index contributed by atoms with van der Waals surface area (Å²) in [6.45, 7) is -0.763. The Balaban J connectivity index is 1.92. The standard InChI is InChI=1S/C20H24F2N2O4/c1-13(23-12-14-6-4-5-7-17(14)28-20(21)22)10-19(25)24-16-11-15(26-2)8-9-18(16)27-3/h4-9,11,13,20,23H,10,12H2,1-3H3,(H,24,25). The van der Waals surface area contributed by atoms with E-state index >= 15 is 0 Å². The van der Waals surface area contributed by atoms with Crippen LogP contribution in [0.3, 0.4) is 0 Å². The van der Waals surface area contributed by atoms with Gasteiger partial charge in [-0.15, -0.1) is 0 Å². The van der Waals surface area contributed by atoms with Crippen molar-refractivity contribution >= 4 is 11.6 Å². The van der Waals surface area contributed by atoms with Gasteiger partial charge in [0.25, 0.3) is 0 Å². The zero-order valence-corrected chi connectivity index (χ0v) is 16.0. The van der Waals surface area contributed by atoms with E-state index in [0.29, 0.717) is 29.3 Å². The molecule has 1 unspecified atom stereocenters. The van der Waals surface area contributed by atoms with Gasteiger partial charge in [0.05, 0.1) is 19.9 Å². The zero-order valence-electron chi connectivity index (χ0n) is 16.0. The monoisotopic (exact) mass is 394 g/mol. The molecule has 28 heavy (non-hydrogen) atoms. The number of nitrogens with one attached hydrogen (secondary N) is 2. The Morgan fingerprint density at radius 2 is 1.82 bits per heavy atom. The molecule has 2 N–H and O–H groups in total. The molecule has 0 radical (unpaired) electrons. The summed E-state index contributed by atoms with van der Waals surface area (Å²) >= 11 is 0. The van der Waals surface area contributed by atoms with Crippen LogP contribution < -0.4 is 24.8 Å². The molecule has 0 spiro atoms. The first-order valence-corrected chi connectivity index (χ1v) is 8.71. The van der Waals surface area contributed by atoms with Gasteiger partial charge in [0, 0.05) is 30.6 Å². The quantitative estimate of drug-likeness (QED) is 0.641. The molecule has 0 aliphatic rings. The van der Waals surface area contributed by atoms with E-state index in [2.05, 4.69) is 15.4 Å². The lowest BCUT2D eigenvalue weighted by molar-refractivity contribution is -0.116. The summed E-state index contributed by atoms with van der Waals surface area (Å²) in [6, 6.07) is 11.5. The maximum absolute atomic E-state index is 12.5. The van der Waals surface area contributed by atoms with E-state index in [9.17, 15) is 13.6 Å². The number of anilines is 1. The molecule has 152 valence electrons. The van der Waals surface area contributed by atoms with Crippen molar-refractivity contribution in [1.82, 2.24) is 5.32 Å². The highest BCUT2D eigenvalue weighted by Crippen LogP contribution is 2.29. The Hall–Kier alpha value is -2.87. The fourth-order valence-electron chi connectivity index (χ4n) is 2.61. The maximum Gasteiger partial charge on any atom is 0.387 e. The Labute approximate surface area is 162 Å². The lowest BCUT2D eigenvalue weighted by atomic mass is 10.1. The number of ether oxygens (including phenoxy) is 3. The van der Waals surface area contributed by atoms with E-state index in [1.807, 2.05) is 6.92 Å². The molecule has 1 amide bonds. The minimum Gasteiger partial charge on any atom is -0.497 e. The molecule has 0 bridgehead atoms. The normalized spacial score (nSPS) is 11.8. The predicted octanol–water partition coefficient (Wildman–Crippen LogP) is 3.81. The van der Waals surface area contributed by atoms with Gasteiger partial charge in [0.15, 0.2) is 0 Å². The number of alkyl halides is 2. The van der Waals surface area contributed by atoms with Gasteiger partial charge in [0.2, 0.25) is 5.91 Å². The molecule has 0 aliphatic heterocycles. The van der Waals surface area contributed by atoms with Crippen LogP contribution in [0.15, 0.2) is 42.5 Å². The zero-order chi connectivity index (χ0) is 20.5. The summed E-state index contributed by atoms with van der Waals surface area (Å²) in [5, 5.41) is 5.93. The van der Waals surface area contributed by atoms with Crippen molar-refractivity contribution in [2.45, 2.75) is 32.5 Å². The van der Waals surface area contributed by atoms with E-state index in [1.54, 1.807) is 36.4 Å². The molecular formula is C20H24F2N2O4. The molecule has 0 aliphatic carbocycles. The summed E-state index contributed by atoms with van der Waals surface area (Å²) in [6.07, 6.45) is 0.179. The molecule has 0 saturated heterocycles. The lowest BCUT2D eigenvalue weighted by Gasteiger charge is -2.17. The van der Waals surface area contributed by atoms with Crippen molar-refractivity contribution in [2.75, 3.05) is 19.5 Å². The van der Waals surface area contributed by atoms with E-state index in [0.717, 1.165) is 0 Å². The molecule has 1 atom stereocenters. The molecule has 0 saturated carbocycles. The number of methoxy groups -OCH3 is 2. The second kappa shape index (κ2) is 10.5. The highest BCUT2D eigenvalue weighted by molar-refractivity contribution is 5.92. The number of halogens is 2. The van der Waals surface area contributed by atoms with E-state index in [1.165, 1.54) is 20.3 Å². The summed E-state index contributed by atoms with van der Waals surface area (Å²) < 4.78 is 39.9. The van der Waals surface area contributed by atoms with Gasteiger partial charge in [-0.05, 0) is 25.1 Å². The van der Waals surface area contributed by atoms with Crippen LogP contribution in [0.1, 0.15) is 18.9 Å². The number of para-hydroxylation sites is 1. The van der Waals surface area contributed by atoms with Gasteiger partial charge in [-0.2, -0.15) is 8.78 Å². The van der Waals surface area contributed by atoms with Crippen LogP contribution in [0.2, 0.25) is 0 Å². The van der Waals surface area contributed by atoms with Crippen molar-refractivity contribution in [3.05, 3.63) is 48.0 Å². The molecule has 0 fully saturated rings.